The van der Waals surface area contributed by atoms with E-state index in [1.165, 1.54) is 18.7 Å². The third-order valence-electron chi connectivity index (χ3n) is 3.28. The fraction of sp³-hybridized carbons (Fsp3) is 0.500. The standard InChI is InChI=1S/C16H19NO7S.Na/c1-8(18)23-6-9-7-25-14-10(5-11(19)24-16(2,3)4)13(20)17(14)12(9)15(21)22;/h5,14H,6-7H2,1-4H3,(H,21,22);/q;+1/p-1/b10-5-;/t14-;/m1./s1. The zero-order valence-electron chi connectivity index (χ0n) is 15.3. The van der Waals surface area contributed by atoms with Gasteiger partial charge in [0.1, 0.15) is 17.6 Å². The van der Waals surface area contributed by atoms with Crippen molar-refractivity contribution in [1.82, 2.24) is 4.90 Å². The summed E-state index contributed by atoms with van der Waals surface area (Å²) in [6.07, 6.45) is 1.09. The molecule has 0 aromatic rings. The molecular weight excluding hydrogens is 373 g/mol. The third-order valence-corrected chi connectivity index (χ3v) is 4.58. The molecular formula is C16H18NNaO7S. The molecule has 2 aliphatic heterocycles. The summed E-state index contributed by atoms with van der Waals surface area (Å²) >= 11 is 1.25. The molecule has 10 heteroatoms. The normalized spacial score (nSPS) is 20.8. The van der Waals surface area contributed by atoms with Gasteiger partial charge in [-0.25, -0.2) is 4.79 Å². The van der Waals surface area contributed by atoms with E-state index in [1.807, 2.05) is 0 Å². The number of carbonyl (C=O) groups is 4. The van der Waals surface area contributed by atoms with E-state index in [1.54, 1.807) is 20.8 Å². The van der Waals surface area contributed by atoms with Gasteiger partial charge in [-0.15, -0.1) is 11.8 Å². The van der Waals surface area contributed by atoms with Crippen LogP contribution in [0.15, 0.2) is 22.9 Å². The van der Waals surface area contributed by atoms with Crippen LogP contribution < -0.4 is 34.7 Å². The van der Waals surface area contributed by atoms with Crippen molar-refractivity contribution in [3.63, 3.8) is 0 Å². The van der Waals surface area contributed by atoms with Gasteiger partial charge in [0.05, 0.1) is 17.2 Å². The Bertz CT molecular complexity index is 708. The van der Waals surface area contributed by atoms with E-state index in [2.05, 4.69) is 0 Å². The number of β-lactam (4-membered cyclic amide) rings is 1. The zero-order chi connectivity index (χ0) is 18.9. The van der Waals surface area contributed by atoms with Crippen molar-refractivity contribution in [2.75, 3.05) is 12.4 Å². The second-order valence-corrected chi connectivity index (χ2v) is 7.56. The molecule has 0 N–H and O–H groups in total. The number of rotatable bonds is 4. The fourth-order valence-electron chi connectivity index (χ4n) is 2.36. The molecule has 8 nitrogen and oxygen atoms in total. The van der Waals surface area contributed by atoms with E-state index in [4.69, 9.17) is 9.47 Å². The topological polar surface area (TPSA) is 113 Å². The molecule has 2 rings (SSSR count). The Balaban J connectivity index is 0.00000338. The van der Waals surface area contributed by atoms with Gasteiger partial charge in [0, 0.05) is 24.3 Å². The number of hydrogen-bond donors (Lipinski definition) is 0. The quantitative estimate of drug-likeness (QED) is 0.212. The summed E-state index contributed by atoms with van der Waals surface area (Å²) in [5, 5.41) is 10.8. The fourth-order valence-corrected chi connectivity index (χ4v) is 3.64. The van der Waals surface area contributed by atoms with Gasteiger partial charge >= 0.3 is 41.5 Å². The molecule has 0 bridgehead atoms. The maximum absolute atomic E-state index is 12.3. The second kappa shape index (κ2) is 8.60. The maximum Gasteiger partial charge on any atom is 1.00 e. The van der Waals surface area contributed by atoms with E-state index in [0.29, 0.717) is 0 Å². The van der Waals surface area contributed by atoms with Crippen molar-refractivity contribution in [2.45, 2.75) is 38.7 Å². The third kappa shape index (κ3) is 5.12. The van der Waals surface area contributed by atoms with Crippen molar-refractivity contribution >= 4 is 35.6 Å². The molecule has 0 unspecified atom stereocenters. The van der Waals surface area contributed by atoms with Gasteiger partial charge in [0.2, 0.25) is 0 Å². The van der Waals surface area contributed by atoms with Crippen LogP contribution in [0, 0.1) is 0 Å². The Kier molecular flexibility index (Phi) is 7.52. The van der Waals surface area contributed by atoms with Crippen LogP contribution in [0.2, 0.25) is 0 Å². The SMILES string of the molecule is CC(=O)OCC1=C(C(=O)[O-])N2C(=O)/C(=C/C(=O)OC(C)(C)C)[C@H]2SC1.[Na+]. The molecule has 2 heterocycles. The van der Waals surface area contributed by atoms with Crippen LogP contribution >= 0.6 is 11.8 Å². The number of carbonyl (C=O) groups excluding carboxylic acids is 4. The summed E-state index contributed by atoms with van der Waals surface area (Å²) in [5.41, 5.74) is -0.560. The molecule has 0 spiro atoms. The predicted molar refractivity (Wildman–Crippen MR) is 85.7 cm³/mol. The van der Waals surface area contributed by atoms with E-state index < -0.39 is 34.8 Å². The van der Waals surface area contributed by atoms with Crippen molar-refractivity contribution in [3.05, 3.63) is 22.9 Å². The number of hydrogen-bond acceptors (Lipinski definition) is 8. The van der Waals surface area contributed by atoms with Gasteiger partial charge in [-0.3, -0.25) is 14.5 Å². The molecule has 0 aromatic carbocycles. The second-order valence-electron chi connectivity index (χ2n) is 6.49. The number of fused-ring (bicyclic) bond motifs is 1. The van der Waals surface area contributed by atoms with Gasteiger partial charge in [-0.1, -0.05) is 0 Å². The summed E-state index contributed by atoms with van der Waals surface area (Å²) < 4.78 is 9.96. The monoisotopic (exact) mass is 391 g/mol. The van der Waals surface area contributed by atoms with Crippen LogP contribution in [0.5, 0.6) is 0 Å². The van der Waals surface area contributed by atoms with Crippen LogP contribution in [-0.4, -0.2) is 52.0 Å². The van der Waals surface area contributed by atoms with Crippen molar-refractivity contribution < 1.29 is 63.3 Å². The first-order valence-corrected chi connectivity index (χ1v) is 8.52. The number of carboxylic acids is 1. The molecule has 0 aliphatic carbocycles. The number of nitrogens with zero attached hydrogens (tertiary/aromatic N) is 1. The van der Waals surface area contributed by atoms with Gasteiger partial charge in [-0.2, -0.15) is 0 Å². The molecule has 26 heavy (non-hydrogen) atoms. The van der Waals surface area contributed by atoms with Crippen LogP contribution in [0.1, 0.15) is 27.7 Å². The molecule has 0 saturated carbocycles. The zero-order valence-corrected chi connectivity index (χ0v) is 18.1. The first kappa shape index (κ1) is 22.8. The van der Waals surface area contributed by atoms with Crippen LogP contribution in [0.3, 0.4) is 0 Å². The number of carboxylic acid groups (broad SMARTS) is 1. The van der Waals surface area contributed by atoms with E-state index in [9.17, 15) is 24.3 Å². The number of aliphatic carboxylic acids is 1. The summed E-state index contributed by atoms with van der Waals surface area (Å²) in [6, 6.07) is 0. The number of thioether (sulfide) groups is 1. The number of ether oxygens (including phenoxy) is 2. The smallest absolute Gasteiger partial charge is 0.543 e. The molecule has 0 radical (unpaired) electrons. The molecule has 1 atom stereocenters. The molecule has 1 amide bonds. The minimum Gasteiger partial charge on any atom is -0.543 e. The van der Waals surface area contributed by atoms with Crippen LogP contribution in [0.25, 0.3) is 0 Å². The summed E-state index contributed by atoms with van der Waals surface area (Å²) in [7, 11) is 0. The Morgan fingerprint density at radius 2 is 1.96 bits per heavy atom. The number of esters is 2. The molecule has 1 saturated heterocycles. The number of amides is 1. The largest absolute Gasteiger partial charge is 1.00 e. The van der Waals surface area contributed by atoms with Crippen molar-refractivity contribution in [1.29, 1.82) is 0 Å². The first-order valence-electron chi connectivity index (χ1n) is 7.47. The van der Waals surface area contributed by atoms with E-state index in [0.717, 1.165) is 11.0 Å². The Morgan fingerprint density at radius 3 is 2.46 bits per heavy atom. The molecule has 136 valence electrons. The van der Waals surface area contributed by atoms with Gasteiger partial charge in [0.15, 0.2) is 0 Å². The van der Waals surface area contributed by atoms with Crippen molar-refractivity contribution in [2.24, 2.45) is 0 Å². The average Bonchev–Trinajstić information content (AvgIpc) is 2.47. The Labute approximate surface area is 177 Å². The van der Waals surface area contributed by atoms with E-state index in [-0.39, 0.29) is 58.8 Å². The van der Waals surface area contributed by atoms with Crippen molar-refractivity contribution in [3.8, 4) is 0 Å². The van der Waals surface area contributed by atoms with Crippen LogP contribution in [-0.2, 0) is 28.7 Å². The van der Waals surface area contributed by atoms with Gasteiger partial charge in [0.25, 0.3) is 5.91 Å². The first-order chi connectivity index (χ1) is 11.5. The van der Waals surface area contributed by atoms with Gasteiger partial charge in [-0.05, 0) is 20.8 Å². The summed E-state index contributed by atoms with van der Waals surface area (Å²) in [5.74, 6) is -3.13. The van der Waals surface area contributed by atoms with E-state index >= 15 is 0 Å². The Hall–Kier alpha value is -1.29. The molecule has 0 aromatic heterocycles. The summed E-state index contributed by atoms with van der Waals surface area (Å²) in [6.45, 7) is 6.07. The average molecular weight is 391 g/mol. The maximum atomic E-state index is 12.3. The minimum absolute atomic E-state index is 0. The minimum atomic E-state index is -1.53. The molecule has 2 aliphatic rings. The summed E-state index contributed by atoms with van der Waals surface area (Å²) in [4.78, 5) is 47.6. The predicted octanol–water partition coefficient (Wildman–Crippen LogP) is -3.26. The Morgan fingerprint density at radius 1 is 1.35 bits per heavy atom. The van der Waals surface area contributed by atoms with Gasteiger partial charge < -0.3 is 19.4 Å². The van der Waals surface area contributed by atoms with Crippen LogP contribution in [0.4, 0.5) is 0 Å². The molecule has 1 fully saturated rings.